The predicted octanol–water partition coefficient (Wildman–Crippen LogP) is 17.0. The van der Waals surface area contributed by atoms with E-state index in [1.807, 2.05) is 11.3 Å². The third-order valence-corrected chi connectivity index (χ3v) is 21.4. The minimum Gasteiger partial charge on any atom is -0.311 e. The number of rotatable bonds is 11. The summed E-state index contributed by atoms with van der Waals surface area (Å²) in [4.78, 5) is 2.41. The smallest absolute Gasteiger partial charge is 0.179 e. The first kappa shape index (κ1) is 45.3. The molecule has 0 aliphatic rings. The molecule has 0 spiro atoms. The van der Waals surface area contributed by atoms with Gasteiger partial charge >= 0.3 is 0 Å². The molecule has 4 heteroatoms. The van der Waals surface area contributed by atoms with E-state index in [2.05, 4.69) is 313 Å². The summed E-state index contributed by atoms with van der Waals surface area (Å²) in [5.74, 6) is 0. The van der Waals surface area contributed by atoms with Gasteiger partial charge in [0.15, 0.2) is 8.07 Å². The molecule has 0 N–H and O–H groups in total. The SMILES string of the molecule is c1ccc(-n2c3ccccc3c3c(-c4ccc(-c5ccc(N(c6ccc(-c7cccc8c7sc7ccccc78)cc6)c6ccc([Si](c7ccccc7)(c7ccccc7)c7ccccc7)cc6)cc5)cc4)cccc32)cc1. The highest BCUT2D eigenvalue weighted by molar-refractivity contribution is 7.26. The Labute approximate surface area is 448 Å². The van der Waals surface area contributed by atoms with Crippen molar-refractivity contribution in [1.29, 1.82) is 0 Å². The van der Waals surface area contributed by atoms with E-state index in [1.54, 1.807) is 0 Å². The molecular formula is C72H50N2SSi. The molecular weight excluding hydrogens is 953 g/mol. The number of hydrogen-bond donors (Lipinski definition) is 0. The number of para-hydroxylation sites is 2. The second kappa shape index (κ2) is 19.2. The fourth-order valence-corrected chi connectivity index (χ4v) is 17.9. The van der Waals surface area contributed by atoms with Gasteiger partial charge in [-0.15, -0.1) is 11.3 Å². The van der Waals surface area contributed by atoms with Gasteiger partial charge in [0, 0.05) is 53.7 Å². The number of hydrogen-bond acceptors (Lipinski definition) is 2. The van der Waals surface area contributed by atoms with Gasteiger partial charge in [0.25, 0.3) is 0 Å². The van der Waals surface area contributed by atoms with Crippen LogP contribution < -0.4 is 25.6 Å². The van der Waals surface area contributed by atoms with E-state index >= 15 is 0 Å². The lowest BCUT2D eigenvalue weighted by Gasteiger charge is -2.35. The summed E-state index contributed by atoms with van der Waals surface area (Å²) in [7, 11) is -2.72. The Balaban J connectivity index is 0.853. The first-order chi connectivity index (χ1) is 37.7. The molecule has 2 aromatic heterocycles. The van der Waals surface area contributed by atoms with E-state index in [1.165, 1.54) is 96.1 Å². The van der Waals surface area contributed by atoms with Crippen molar-refractivity contribution < 1.29 is 0 Å². The molecule has 0 bridgehead atoms. The zero-order chi connectivity index (χ0) is 50.4. The number of anilines is 3. The molecule has 0 radical (unpaired) electrons. The molecule has 76 heavy (non-hydrogen) atoms. The van der Waals surface area contributed by atoms with Gasteiger partial charge in [-0.05, 0) is 121 Å². The highest BCUT2D eigenvalue weighted by Gasteiger charge is 2.41. The molecule has 0 saturated heterocycles. The Morgan fingerprint density at radius 1 is 0.289 bits per heavy atom. The minimum absolute atomic E-state index is 1.09. The van der Waals surface area contributed by atoms with Crippen LogP contribution in [-0.4, -0.2) is 12.6 Å². The summed E-state index contributed by atoms with van der Waals surface area (Å²) in [6, 6.07) is 112. The van der Waals surface area contributed by atoms with Gasteiger partial charge in [0.2, 0.25) is 0 Å². The van der Waals surface area contributed by atoms with E-state index in [4.69, 9.17) is 0 Å². The number of aromatic nitrogens is 1. The van der Waals surface area contributed by atoms with Crippen LogP contribution in [0.15, 0.2) is 303 Å². The van der Waals surface area contributed by atoms with Gasteiger partial charge in [-0.2, -0.15) is 0 Å². The van der Waals surface area contributed by atoms with Crippen LogP contribution in [0.4, 0.5) is 17.1 Å². The second-order valence-corrected chi connectivity index (χ2v) is 24.4. The van der Waals surface area contributed by atoms with Crippen LogP contribution in [-0.2, 0) is 0 Å². The molecule has 0 aliphatic heterocycles. The number of nitrogens with zero attached hydrogens (tertiary/aromatic N) is 2. The number of fused-ring (bicyclic) bond motifs is 6. The molecule has 2 heterocycles. The summed E-state index contributed by atoms with van der Waals surface area (Å²) in [5, 5.41) is 10.6. The standard InChI is InChI=1S/C72H50N2SSi/c1-5-19-55(20-6-1)74-68-32-15-13-28-67(68)71-63(29-18-33-69(71)74)53-37-35-51(36-38-53)52-39-43-56(44-40-52)73(57-45-41-54(42-46-57)64-30-17-31-66-65-27-14-16-34-70(65)75-72(64)66)58-47-49-62(50-48-58)76(59-21-7-2-8-22-59,60-23-9-3-10-24-60)61-25-11-4-12-26-61/h1-50H. The van der Waals surface area contributed by atoms with Gasteiger partial charge in [-0.25, -0.2) is 0 Å². The molecule has 2 nitrogen and oxygen atoms in total. The van der Waals surface area contributed by atoms with Crippen molar-refractivity contribution in [3.8, 4) is 39.1 Å². The van der Waals surface area contributed by atoms with Crippen LogP contribution in [0.2, 0.25) is 0 Å². The quantitative estimate of drug-likeness (QED) is 0.0926. The zero-order valence-corrected chi connectivity index (χ0v) is 43.5. The summed E-state index contributed by atoms with van der Waals surface area (Å²) in [5.41, 5.74) is 14.1. The summed E-state index contributed by atoms with van der Waals surface area (Å²) in [6.45, 7) is 0. The summed E-state index contributed by atoms with van der Waals surface area (Å²) < 4.78 is 5.02. The average molecular weight is 1000 g/mol. The molecule has 0 atom stereocenters. The van der Waals surface area contributed by atoms with Crippen LogP contribution in [0.25, 0.3) is 81.0 Å². The Hall–Kier alpha value is -9.32. The van der Waals surface area contributed by atoms with Crippen molar-refractivity contribution in [2.24, 2.45) is 0 Å². The van der Waals surface area contributed by atoms with Crippen molar-refractivity contribution in [3.63, 3.8) is 0 Å². The second-order valence-electron chi connectivity index (χ2n) is 19.6. The maximum atomic E-state index is 2.41. The third-order valence-electron chi connectivity index (χ3n) is 15.4. The maximum Gasteiger partial charge on any atom is 0.179 e. The van der Waals surface area contributed by atoms with Crippen LogP contribution >= 0.6 is 11.3 Å². The topological polar surface area (TPSA) is 8.17 Å². The van der Waals surface area contributed by atoms with Crippen molar-refractivity contribution in [2.45, 2.75) is 0 Å². The fraction of sp³-hybridized carbons (Fsp3) is 0. The fourth-order valence-electron chi connectivity index (χ4n) is 11.9. The largest absolute Gasteiger partial charge is 0.311 e. The third kappa shape index (κ3) is 7.69. The molecule has 14 aromatic rings. The van der Waals surface area contributed by atoms with Crippen molar-refractivity contribution in [1.82, 2.24) is 4.57 Å². The molecule has 358 valence electrons. The Kier molecular flexibility index (Phi) is 11.4. The van der Waals surface area contributed by atoms with Crippen molar-refractivity contribution >= 4 is 99.2 Å². The van der Waals surface area contributed by atoms with Gasteiger partial charge in [0.05, 0.1) is 11.0 Å². The summed E-state index contributed by atoms with van der Waals surface area (Å²) in [6.07, 6.45) is 0. The Morgan fingerprint density at radius 2 is 0.697 bits per heavy atom. The Morgan fingerprint density at radius 3 is 1.30 bits per heavy atom. The molecule has 0 unspecified atom stereocenters. The van der Waals surface area contributed by atoms with Gasteiger partial charge in [-0.1, -0.05) is 237 Å². The summed E-state index contributed by atoms with van der Waals surface area (Å²) >= 11 is 1.88. The van der Waals surface area contributed by atoms with Crippen LogP contribution in [0.5, 0.6) is 0 Å². The van der Waals surface area contributed by atoms with E-state index in [0.717, 1.165) is 22.7 Å². The van der Waals surface area contributed by atoms with E-state index in [9.17, 15) is 0 Å². The Bertz CT molecular complexity index is 4240. The molecule has 0 aliphatic carbocycles. The van der Waals surface area contributed by atoms with Gasteiger partial charge in [0.1, 0.15) is 0 Å². The first-order valence-corrected chi connectivity index (χ1v) is 28.9. The van der Waals surface area contributed by atoms with Crippen LogP contribution in [0.3, 0.4) is 0 Å². The highest BCUT2D eigenvalue weighted by Crippen LogP contribution is 2.43. The van der Waals surface area contributed by atoms with E-state index in [-0.39, 0.29) is 0 Å². The highest BCUT2D eigenvalue weighted by atomic mass is 32.1. The van der Waals surface area contributed by atoms with Crippen molar-refractivity contribution in [2.75, 3.05) is 4.90 Å². The molecule has 0 fully saturated rings. The van der Waals surface area contributed by atoms with Gasteiger partial charge in [-0.3, -0.25) is 0 Å². The van der Waals surface area contributed by atoms with Crippen molar-refractivity contribution in [3.05, 3.63) is 303 Å². The lowest BCUT2D eigenvalue weighted by atomic mass is 9.97. The van der Waals surface area contributed by atoms with Crippen LogP contribution in [0.1, 0.15) is 0 Å². The molecule has 14 rings (SSSR count). The number of thiophene rings is 1. The number of benzene rings is 12. The monoisotopic (exact) mass is 1000 g/mol. The normalized spacial score (nSPS) is 11.7. The lowest BCUT2D eigenvalue weighted by Crippen LogP contribution is -2.74. The first-order valence-electron chi connectivity index (χ1n) is 26.1. The van der Waals surface area contributed by atoms with Crippen LogP contribution in [0, 0.1) is 0 Å². The van der Waals surface area contributed by atoms with Gasteiger partial charge < -0.3 is 9.47 Å². The lowest BCUT2D eigenvalue weighted by molar-refractivity contribution is 1.18. The zero-order valence-electron chi connectivity index (χ0n) is 41.7. The molecule has 0 saturated carbocycles. The molecule has 0 amide bonds. The maximum absolute atomic E-state index is 2.72. The average Bonchev–Trinajstić information content (AvgIpc) is 4.13. The van der Waals surface area contributed by atoms with E-state index < -0.39 is 8.07 Å². The van der Waals surface area contributed by atoms with E-state index in [0.29, 0.717) is 0 Å². The minimum atomic E-state index is -2.72. The predicted molar refractivity (Wildman–Crippen MR) is 328 cm³/mol. The molecule has 12 aromatic carbocycles.